The maximum absolute atomic E-state index is 14.0. The number of rotatable bonds is 4. The highest BCUT2D eigenvalue weighted by Crippen LogP contribution is 2.37. The minimum absolute atomic E-state index is 0.101. The lowest BCUT2D eigenvalue weighted by Crippen LogP contribution is -2.38. The SMILES string of the molecule is CCC(C)(C)C(NN)c1cccc(Br)c1F. The first kappa shape index (κ1) is 13.6. The van der Waals surface area contributed by atoms with Crippen molar-refractivity contribution in [2.24, 2.45) is 11.3 Å². The normalized spacial score (nSPS) is 13.9. The number of hydrogen-bond donors (Lipinski definition) is 2. The highest BCUT2D eigenvalue weighted by atomic mass is 79.9. The van der Waals surface area contributed by atoms with Crippen LogP contribution in [0.1, 0.15) is 38.8 Å². The van der Waals surface area contributed by atoms with Crippen LogP contribution in [0, 0.1) is 11.2 Å². The van der Waals surface area contributed by atoms with Gasteiger partial charge in [-0.2, -0.15) is 0 Å². The molecule has 0 aliphatic carbocycles. The van der Waals surface area contributed by atoms with Crippen LogP contribution in [0.2, 0.25) is 0 Å². The molecule has 2 nitrogen and oxygen atoms in total. The first-order chi connectivity index (χ1) is 7.44. The molecule has 1 aromatic carbocycles. The molecule has 1 rings (SSSR count). The van der Waals surface area contributed by atoms with Crippen molar-refractivity contribution < 1.29 is 4.39 Å². The average molecular weight is 289 g/mol. The molecule has 1 unspecified atom stereocenters. The van der Waals surface area contributed by atoms with Crippen molar-refractivity contribution >= 4 is 15.9 Å². The van der Waals surface area contributed by atoms with Gasteiger partial charge in [-0.1, -0.05) is 32.9 Å². The van der Waals surface area contributed by atoms with E-state index >= 15 is 0 Å². The molecule has 0 amide bonds. The van der Waals surface area contributed by atoms with Gasteiger partial charge in [-0.05, 0) is 33.8 Å². The molecule has 0 spiro atoms. The molecule has 0 radical (unpaired) electrons. The highest BCUT2D eigenvalue weighted by Gasteiger charge is 2.30. The molecule has 0 fully saturated rings. The van der Waals surface area contributed by atoms with Gasteiger partial charge in [0.15, 0.2) is 0 Å². The number of hydrogen-bond acceptors (Lipinski definition) is 2. The zero-order valence-electron chi connectivity index (χ0n) is 9.85. The Morgan fingerprint density at radius 3 is 2.62 bits per heavy atom. The van der Waals surface area contributed by atoms with Crippen LogP contribution in [0.25, 0.3) is 0 Å². The molecule has 1 atom stereocenters. The van der Waals surface area contributed by atoms with Crippen LogP contribution < -0.4 is 11.3 Å². The van der Waals surface area contributed by atoms with Gasteiger partial charge in [0.25, 0.3) is 0 Å². The second-order valence-corrected chi connectivity index (χ2v) is 5.44. The van der Waals surface area contributed by atoms with Gasteiger partial charge in [-0.3, -0.25) is 11.3 Å². The van der Waals surface area contributed by atoms with Crippen LogP contribution in [0.15, 0.2) is 22.7 Å². The quantitative estimate of drug-likeness (QED) is 0.657. The largest absolute Gasteiger partial charge is 0.271 e. The summed E-state index contributed by atoms with van der Waals surface area (Å²) in [5.41, 5.74) is 3.22. The summed E-state index contributed by atoms with van der Waals surface area (Å²) in [5.74, 6) is 5.31. The Morgan fingerprint density at radius 1 is 1.50 bits per heavy atom. The van der Waals surface area contributed by atoms with Crippen molar-refractivity contribution in [3.8, 4) is 0 Å². The van der Waals surface area contributed by atoms with E-state index < -0.39 is 0 Å². The summed E-state index contributed by atoms with van der Waals surface area (Å²) in [5, 5.41) is 0. The molecule has 0 saturated heterocycles. The third-order valence-electron chi connectivity index (χ3n) is 3.15. The molecule has 0 aromatic heterocycles. The predicted octanol–water partition coefficient (Wildman–Crippen LogP) is 3.53. The summed E-state index contributed by atoms with van der Waals surface area (Å²) in [6, 6.07) is 5.07. The lowest BCUT2D eigenvalue weighted by atomic mass is 9.78. The molecule has 4 heteroatoms. The first-order valence-electron chi connectivity index (χ1n) is 5.34. The summed E-state index contributed by atoms with van der Waals surface area (Å²) in [4.78, 5) is 0. The number of benzene rings is 1. The van der Waals surface area contributed by atoms with Crippen molar-refractivity contribution in [1.82, 2.24) is 5.43 Å². The van der Waals surface area contributed by atoms with Gasteiger partial charge < -0.3 is 0 Å². The van der Waals surface area contributed by atoms with Gasteiger partial charge >= 0.3 is 0 Å². The summed E-state index contributed by atoms with van der Waals surface area (Å²) in [6.45, 7) is 6.20. The van der Waals surface area contributed by atoms with E-state index in [1.54, 1.807) is 12.1 Å². The van der Waals surface area contributed by atoms with E-state index in [4.69, 9.17) is 5.84 Å². The van der Waals surface area contributed by atoms with Crippen LogP contribution in [0.5, 0.6) is 0 Å². The predicted molar refractivity (Wildman–Crippen MR) is 68.2 cm³/mol. The van der Waals surface area contributed by atoms with E-state index in [0.717, 1.165) is 6.42 Å². The van der Waals surface area contributed by atoms with Crippen molar-refractivity contribution in [3.63, 3.8) is 0 Å². The van der Waals surface area contributed by atoms with Gasteiger partial charge in [0.1, 0.15) is 5.82 Å². The van der Waals surface area contributed by atoms with Gasteiger partial charge in [0, 0.05) is 5.56 Å². The van der Waals surface area contributed by atoms with Crippen LogP contribution >= 0.6 is 15.9 Å². The molecule has 0 saturated carbocycles. The molecule has 0 heterocycles. The second kappa shape index (κ2) is 5.25. The average Bonchev–Trinajstić information content (AvgIpc) is 2.25. The van der Waals surface area contributed by atoms with E-state index in [0.29, 0.717) is 10.0 Å². The van der Waals surface area contributed by atoms with E-state index in [1.807, 2.05) is 6.07 Å². The lowest BCUT2D eigenvalue weighted by Gasteiger charge is -2.33. The fraction of sp³-hybridized carbons (Fsp3) is 0.500. The Hall–Kier alpha value is -0.450. The monoisotopic (exact) mass is 288 g/mol. The van der Waals surface area contributed by atoms with E-state index in [1.165, 1.54) is 0 Å². The number of hydrazine groups is 1. The Kier molecular flexibility index (Phi) is 4.47. The molecule has 1 aromatic rings. The number of nitrogens with two attached hydrogens (primary N) is 1. The molecule has 16 heavy (non-hydrogen) atoms. The van der Waals surface area contributed by atoms with Crippen LogP contribution in [-0.2, 0) is 0 Å². The minimum Gasteiger partial charge on any atom is -0.271 e. The van der Waals surface area contributed by atoms with E-state index in [2.05, 4.69) is 42.1 Å². The summed E-state index contributed by atoms with van der Waals surface area (Å²) in [7, 11) is 0. The Labute approximate surface area is 105 Å². The van der Waals surface area contributed by atoms with Gasteiger partial charge in [-0.15, -0.1) is 0 Å². The van der Waals surface area contributed by atoms with Crippen molar-refractivity contribution in [3.05, 3.63) is 34.1 Å². The van der Waals surface area contributed by atoms with Gasteiger partial charge in [0.05, 0.1) is 10.5 Å². The Morgan fingerprint density at radius 2 is 2.12 bits per heavy atom. The third kappa shape index (κ3) is 2.62. The zero-order valence-corrected chi connectivity index (χ0v) is 11.4. The topological polar surface area (TPSA) is 38.0 Å². The molecule has 3 N–H and O–H groups in total. The maximum Gasteiger partial charge on any atom is 0.142 e. The molecule has 0 bridgehead atoms. The van der Waals surface area contributed by atoms with Crippen molar-refractivity contribution in [1.29, 1.82) is 0 Å². The van der Waals surface area contributed by atoms with Gasteiger partial charge in [0.2, 0.25) is 0 Å². The molecule has 90 valence electrons. The Balaban J connectivity index is 3.19. The molecular weight excluding hydrogens is 271 g/mol. The molecular formula is C12H18BrFN2. The van der Waals surface area contributed by atoms with Crippen molar-refractivity contribution in [2.75, 3.05) is 0 Å². The Bertz CT molecular complexity index is 366. The summed E-state index contributed by atoms with van der Waals surface area (Å²) < 4.78 is 14.4. The maximum atomic E-state index is 14.0. The lowest BCUT2D eigenvalue weighted by molar-refractivity contribution is 0.231. The standard InChI is InChI=1S/C12H18BrFN2/c1-4-12(2,3)11(16-15)8-6-5-7-9(13)10(8)14/h5-7,11,16H,4,15H2,1-3H3. The fourth-order valence-electron chi connectivity index (χ4n) is 1.68. The molecule has 0 aliphatic heterocycles. The second-order valence-electron chi connectivity index (χ2n) is 4.58. The molecule has 0 aliphatic rings. The van der Waals surface area contributed by atoms with Gasteiger partial charge in [-0.25, -0.2) is 4.39 Å². The summed E-state index contributed by atoms with van der Waals surface area (Å²) >= 11 is 3.19. The first-order valence-corrected chi connectivity index (χ1v) is 6.13. The summed E-state index contributed by atoms with van der Waals surface area (Å²) in [6.07, 6.45) is 0.911. The van der Waals surface area contributed by atoms with Crippen LogP contribution in [0.4, 0.5) is 4.39 Å². The fourth-order valence-corrected chi connectivity index (χ4v) is 2.07. The zero-order chi connectivity index (χ0) is 12.3. The van der Waals surface area contributed by atoms with E-state index in [9.17, 15) is 4.39 Å². The third-order valence-corrected chi connectivity index (χ3v) is 3.76. The number of nitrogens with one attached hydrogen (secondary N) is 1. The van der Waals surface area contributed by atoms with Crippen LogP contribution in [0.3, 0.4) is 0 Å². The van der Waals surface area contributed by atoms with Crippen LogP contribution in [-0.4, -0.2) is 0 Å². The van der Waals surface area contributed by atoms with E-state index in [-0.39, 0.29) is 17.3 Å². The highest BCUT2D eigenvalue weighted by molar-refractivity contribution is 9.10. The minimum atomic E-state index is -0.244. The van der Waals surface area contributed by atoms with Crippen molar-refractivity contribution in [2.45, 2.75) is 33.2 Å². The number of halogens is 2. The smallest absolute Gasteiger partial charge is 0.142 e.